The van der Waals surface area contributed by atoms with Crippen molar-refractivity contribution >= 4 is 11.8 Å². The first-order valence-corrected chi connectivity index (χ1v) is 8.13. The Labute approximate surface area is 146 Å². The summed E-state index contributed by atoms with van der Waals surface area (Å²) in [7, 11) is 0. The third-order valence-electron chi connectivity index (χ3n) is 3.87. The van der Waals surface area contributed by atoms with Crippen LogP contribution in [0.25, 0.3) is 0 Å². The maximum atomic E-state index is 12.8. The molecule has 0 fully saturated rings. The molecule has 0 radical (unpaired) electrons. The number of rotatable bonds is 6. The van der Waals surface area contributed by atoms with Gasteiger partial charge in [-0.15, -0.1) is 0 Å². The lowest BCUT2D eigenvalue weighted by Gasteiger charge is -2.17. The quantitative estimate of drug-likeness (QED) is 0.499. The van der Waals surface area contributed by atoms with E-state index in [2.05, 4.69) is 0 Å². The summed E-state index contributed by atoms with van der Waals surface area (Å²) < 4.78 is 5.57. The Hall–Kier alpha value is -3.20. The molecule has 0 aliphatic carbocycles. The van der Waals surface area contributed by atoms with E-state index in [0.29, 0.717) is 17.5 Å². The number of ketones is 1. The van der Waals surface area contributed by atoms with Crippen LogP contribution in [0.15, 0.2) is 91.0 Å². The zero-order valence-electron chi connectivity index (χ0n) is 13.7. The van der Waals surface area contributed by atoms with E-state index in [-0.39, 0.29) is 5.78 Å². The van der Waals surface area contributed by atoms with Crippen LogP contribution in [0.5, 0.6) is 0 Å². The van der Waals surface area contributed by atoms with Crippen molar-refractivity contribution in [1.82, 2.24) is 0 Å². The Balaban J connectivity index is 1.83. The molecular weight excluding hydrogens is 312 g/mol. The van der Waals surface area contributed by atoms with Crippen LogP contribution in [0.3, 0.4) is 0 Å². The lowest BCUT2D eigenvalue weighted by atomic mass is 10.00. The maximum absolute atomic E-state index is 12.8. The minimum absolute atomic E-state index is 0.200. The topological polar surface area (TPSA) is 43.4 Å². The summed E-state index contributed by atoms with van der Waals surface area (Å²) in [6, 6.07) is 27.2. The molecule has 0 aliphatic heterocycles. The molecule has 3 heteroatoms. The highest BCUT2D eigenvalue weighted by Crippen LogP contribution is 2.14. The fraction of sp³-hybridized carbons (Fsp3) is 0.0909. The van der Waals surface area contributed by atoms with Crippen molar-refractivity contribution in [2.75, 3.05) is 0 Å². The van der Waals surface area contributed by atoms with Crippen LogP contribution >= 0.6 is 0 Å². The average molecular weight is 330 g/mol. The van der Waals surface area contributed by atoms with Crippen LogP contribution in [0.4, 0.5) is 0 Å². The van der Waals surface area contributed by atoms with E-state index in [0.717, 1.165) is 5.56 Å². The second kappa shape index (κ2) is 8.06. The van der Waals surface area contributed by atoms with Crippen molar-refractivity contribution in [2.45, 2.75) is 12.5 Å². The summed E-state index contributed by atoms with van der Waals surface area (Å²) in [5.41, 5.74) is 1.91. The van der Waals surface area contributed by atoms with Gasteiger partial charge < -0.3 is 4.74 Å². The smallest absolute Gasteiger partial charge is 0.338 e. The van der Waals surface area contributed by atoms with Crippen molar-refractivity contribution < 1.29 is 14.3 Å². The monoisotopic (exact) mass is 330 g/mol. The van der Waals surface area contributed by atoms with Gasteiger partial charge in [-0.2, -0.15) is 0 Å². The van der Waals surface area contributed by atoms with E-state index in [1.807, 2.05) is 42.5 Å². The van der Waals surface area contributed by atoms with E-state index >= 15 is 0 Å². The van der Waals surface area contributed by atoms with Crippen LogP contribution < -0.4 is 0 Å². The predicted molar refractivity (Wildman–Crippen MR) is 96.6 cm³/mol. The lowest BCUT2D eigenvalue weighted by molar-refractivity contribution is 0.0285. The number of esters is 1. The van der Waals surface area contributed by atoms with Crippen molar-refractivity contribution in [3.8, 4) is 0 Å². The van der Waals surface area contributed by atoms with Gasteiger partial charge in [0.1, 0.15) is 0 Å². The maximum Gasteiger partial charge on any atom is 0.338 e. The molecule has 0 unspecified atom stereocenters. The molecule has 3 aromatic rings. The van der Waals surface area contributed by atoms with Crippen molar-refractivity contribution in [3.63, 3.8) is 0 Å². The van der Waals surface area contributed by atoms with Gasteiger partial charge in [0.05, 0.1) is 5.56 Å². The third kappa shape index (κ3) is 4.42. The molecule has 0 bridgehead atoms. The van der Waals surface area contributed by atoms with Gasteiger partial charge in [0.15, 0.2) is 6.10 Å². The van der Waals surface area contributed by atoms with Gasteiger partial charge in [-0.1, -0.05) is 78.9 Å². The summed E-state index contributed by atoms with van der Waals surface area (Å²) in [5.74, 6) is -0.695. The summed E-state index contributed by atoms with van der Waals surface area (Å²) in [6.45, 7) is 0. The molecule has 0 saturated heterocycles. The standard InChI is InChI=1S/C22H18O3/c23-21(18-12-6-2-7-13-18)20(16-17-10-4-1-5-11-17)25-22(24)19-14-8-3-9-15-19/h1-15,20H,16H2/t20-/m1/s1. The zero-order valence-corrected chi connectivity index (χ0v) is 13.7. The van der Waals surface area contributed by atoms with Gasteiger partial charge in [0.2, 0.25) is 5.78 Å². The first kappa shape index (κ1) is 16.7. The summed E-state index contributed by atoms with van der Waals surface area (Å²) in [5, 5.41) is 0. The average Bonchev–Trinajstić information content (AvgIpc) is 2.69. The van der Waals surface area contributed by atoms with Crippen LogP contribution in [-0.4, -0.2) is 17.9 Å². The molecular formula is C22H18O3. The summed E-state index contributed by atoms with van der Waals surface area (Å²) >= 11 is 0. The first-order chi connectivity index (χ1) is 12.2. The molecule has 0 amide bonds. The normalized spacial score (nSPS) is 11.5. The number of ether oxygens (including phenoxy) is 1. The zero-order chi connectivity index (χ0) is 17.5. The van der Waals surface area contributed by atoms with Crippen molar-refractivity contribution in [3.05, 3.63) is 108 Å². The van der Waals surface area contributed by atoms with Crippen LogP contribution in [0.2, 0.25) is 0 Å². The van der Waals surface area contributed by atoms with Crippen LogP contribution in [-0.2, 0) is 11.2 Å². The van der Waals surface area contributed by atoms with Gasteiger partial charge in [0, 0.05) is 12.0 Å². The Morgan fingerprint density at radius 3 is 1.72 bits per heavy atom. The van der Waals surface area contributed by atoms with Crippen LogP contribution in [0, 0.1) is 0 Å². The van der Waals surface area contributed by atoms with Gasteiger partial charge in [0.25, 0.3) is 0 Å². The van der Waals surface area contributed by atoms with Crippen molar-refractivity contribution in [1.29, 1.82) is 0 Å². The molecule has 1 atom stereocenters. The molecule has 124 valence electrons. The highest BCUT2D eigenvalue weighted by atomic mass is 16.5. The molecule has 25 heavy (non-hydrogen) atoms. The molecule has 3 nitrogen and oxygen atoms in total. The Morgan fingerprint density at radius 1 is 0.680 bits per heavy atom. The predicted octanol–water partition coefficient (Wildman–Crippen LogP) is 4.34. The van der Waals surface area contributed by atoms with E-state index in [1.165, 1.54) is 0 Å². The first-order valence-electron chi connectivity index (χ1n) is 8.13. The minimum Gasteiger partial charge on any atom is -0.450 e. The molecule has 3 aromatic carbocycles. The number of benzene rings is 3. The molecule has 0 aromatic heterocycles. The summed E-state index contributed by atoms with van der Waals surface area (Å²) in [4.78, 5) is 25.2. The summed E-state index contributed by atoms with van der Waals surface area (Å²) in [6.07, 6.45) is -0.523. The molecule has 0 spiro atoms. The second-order valence-electron chi connectivity index (χ2n) is 5.68. The van der Waals surface area contributed by atoms with Gasteiger partial charge in [-0.3, -0.25) is 4.79 Å². The number of Topliss-reactive ketones (excluding diaryl/α,β-unsaturated/α-hetero) is 1. The lowest BCUT2D eigenvalue weighted by Crippen LogP contribution is -2.29. The second-order valence-corrected chi connectivity index (χ2v) is 5.68. The fourth-order valence-corrected chi connectivity index (χ4v) is 2.58. The van der Waals surface area contributed by atoms with Gasteiger partial charge >= 0.3 is 5.97 Å². The minimum atomic E-state index is -0.863. The highest BCUT2D eigenvalue weighted by Gasteiger charge is 2.25. The largest absolute Gasteiger partial charge is 0.450 e. The van der Waals surface area contributed by atoms with E-state index in [1.54, 1.807) is 48.5 Å². The Morgan fingerprint density at radius 2 is 1.16 bits per heavy atom. The number of hydrogen-bond donors (Lipinski definition) is 0. The fourth-order valence-electron chi connectivity index (χ4n) is 2.58. The molecule has 0 saturated carbocycles. The van der Waals surface area contributed by atoms with Crippen LogP contribution in [0.1, 0.15) is 26.3 Å². The molecule has 0 N–H and O–H groups in total. The Kier molecular flexibility index (Phi) is 5.37. The Bertz CT molecular complexity index is 827. The third-order valence-corrected chi connectivity index (χ3v) is 3.87. The molecule has 0 heterocycles. The van der Waals surface area contributed by atoms with Gasteiger partial charge in [-0.05, 0) is 17.7 Å². The SMILES string of the molecule is O=C(O[C@H](Cc1ccccc1)C(=O)c1ccccc1)c1ccccc1. The van der Waals surface area contributed by atoms with E-state index in [9.17, 15) is 9.59 Å². The van der Waals surface area contributed by atoms with E-state index in [4.69, 9.17) is 4.74 Å². The van der Waals surface area contributed by atoms with Gasteiger partial charge in [-0.25, -0.2) is 4.79 Å². The number of hydrogen-bond acceptors (Lipinski definition) is 3. The van der Waals surface area contributed by atoms with E-state index < -0.39 is 12.1 Å². The molecule has 0 aliphatic rings. The number of carbonyl (C=O) groups excluding carboxylic acids is 2. The van der Waals surface area contributed by atoms with Crippen molar-refractivity contribution in [2.24, 2.45) is 0 Å². The number of carbonyl (C=O) groups is 2. The highest BCUT2D eigenvalue weighted by molar-refractivity contribution is 6.01. The molecule has 3 rings (SSSR count).